The second-order valence-electron chi connectivity index (χ2n) is 9.31. The Morgan fingerprint density at radius 2 is 1.81 bits per heavy atom. The molecule has 12 heteroatoms. The van der Waals surface area contributed by atoms with Crippen LogP contribution in [0, 0.1) is 12.8 Å². The number of anilines is 1. The van der Waals surface area contributed by atoms with Gasteiger partial charge in [0.05, 0.1) is 35.9 Å². The summed E-state index contributed by atoms with van der Waals surface area (Å²) in [6, 6.07) is 10.4. The second kappa shape index (κ2) is 10.8. The molecule has 0 fully saturated rings. The molecule has 0 bridgehead atoms. The van der Waals surface area contributed by atoms with Crippen molar-refractivity contribution in [3.63, 3.8) is 0 Å². The summed E-state index contributed by atoms with van der Waals surface area (Å²) in [5, 5.41) is 9.77. The number of fused-ring (bicyclic) bond motifs is 1. The van der Waals surface area contributed by atoms with Gasteiger partial charge in [-0.15, -0.1) is 0 Å². The minimum atomic E-state index is -3.79. The number of aryl methyl sites for hydroxylation is 1. The molecule has 0 aliphatic carbocycles. The van der Waals surface area contributed by atoms with Crippen LogP contribution in [0.5, 0.6) is 5.75 Å². The van der Waals surface area contributed by atoms with E-state index < -0.39 is 38.1 Å². The summed E-state index contributed by atoms with van der Waals surface area (Å²) in [5.41, 5.74) is 1.25. The molecule has 2 N–H and O–H groups in total. The Morgan fingerprint density at radius 3 is 2.39 bits per heavy atom. The van der Waals surface area contributed by atoms with Crippen LogP contribution in [-0.4, -0.2) is 82.2 Å². The number of hydrogen-bond acceptors (Lipinski definition) is 7. The maximum Gasteiger partial charge on any atom is 0.258 e. The minimum absolute atomic E-state index is 0.00962. The van der Waals surface area contributed by atoms with Gasteiger partial charge in [-0.25, -0.2) is 16.8 Å². The van der Waals surface area contributed by atoms with E-state index in [1.165, 1.54) is 34.5 Å². The van der Waals surface area contributed by atoms with E-state index in [4.69, 9.17) is 4.74 Å². The van der Waals surface area contributed by atoms with Crippen molar-refractivity contribution in [3.8, 4) is 5.75 Å². The van der Waals surface area contributed by atoms with Crippen molar-refractivity contribution >= 4 is 31.6 Å². The minimum Gasteiger partial charge on any atom is -0.488 e. The topological polar surface area (TPSA) is 133 Å². The van der Waals surface area contributed by atoms with Crippen LogP contribution in [0.2, 0.25) is 0 Å². The van der Waals surface area contributed by atoms with Gasteiger partial charge in [-0.3, -0.25) is 9.52 Å². The average Bonchev–Trinajstić information content (AvgIpc) is 2.80. The van der Waals surface area contributed by atoms with E-state index in [1.54, 1.807) is 31.2 Å². The fraction of sp³-hybridized carbons (Fsp3) is 0.458. The summed E-state index contributed by atoms with van der Waals surface area (Å²) in [6.07, 6.45) is 0.369. The van der Waals surface area contributed by atoms with Gasteiger partial charge >= 0.3 is 0 Å². The fourth-order valence-electron chi connectivity index (χ4n) is 3.96. The molecule has 198 valence electrons. The Hall–Kier alpha value is -2.67. The van der Waals surface area contributed by atoms with Crippen LogP contribution in [0.15, 0.2) is 47.4 Å². The zero-order valence-corrected chi connectivity index (χ0v) is 22.6. The van der Waals surface area contributed by atoms with E-state index in [2.05, 4.69) is 4.72 Å². The second-order valence-corrected chi connectivity index (χ2v) is 13.1. The lowest BCUT2D eigenvalue weighted by atomic mass is 9.99. The van der Waals surface area contributed by atoms with Crippen molar-refractivity contribution in [2.75, 3.05) is 37.7 Å². The summed E-state index contributed by atoms with van der Waals surface area (Å²) in [7, 11) is -5.90. The van der Waals surface area contributed by atoms with Crippen molar-refractivity contribution in [2.45, 2.75) is 37.8 Å². The highest BCUT2D eigenvalue weighted by atomic mass is 32.2. The highest BCUT2D eigenvalue weighted by Gasteiger charge is 2.35. The predicted octanol–water partition coefficient (Wildman–Crippen LogP) is 1.91. The largest absolute Gasteiger partial charge is 0.488 e. The average molecular weight is 540 g/mol. The molecular formula is C24H33N3O7S2. The SMILES string of the molecule is Cc1ccc(S(=O)(=O)N(C)C[C@@H]2Oc3ccc(NS(C)(=O)=O)cc3C(=O)N([C@H](C)CO)C[C@@H]2C)cc1. The van der Waals surface area contributed by atoms with Crippen LogP contribution < -0.4 is 9.46 Å². The first-order valence-electron chi connectivity index (χ1n) is 11.5. The smallest absolute Gasteiger partial charge is 0.258 e. The van der Waals surface area contributed by atoms with E-state index in [9.17, 15) is 26.7 Å². The fourth-order valence-corrected chi connectivity index (χ4v) is 5.70. The van der Waals surface area contributed by atoms with Crippen LogP contribution in [0.1, 0.15) is 29.8 Å². The maximum atomic E-state index is 13.4. The number of rotatable bonds is 8. The van der Waals surface area contributed by atoms with Crippen molar-refractivity contribution in [1.82, 2.24) is 9.21 Å². The number of carbonyl (C=O) groups is 1. The molecule has 0 spiro atoms. The quantitative estimate of drug-likeness (QED) is 0.523. The molecule has 2 aromatic rings. The number of nitrogens with one attached hydrogen (secondary N) is 1. The van der Waals surface area contributed by atoms with E-state index in [1.807, 2.05) is 13.8 Å². The van der Waals surface area contributed by atoms with Crippen LogP contribution in [0.25, 0.3) is 0 Å². The lowest BCUT2D eigenvalue weighted by Gasteiger charge is -2.38. The van der Waals surface area contributed by atoms with Crippen LogP contribution >= 0.6 is 0 Å². The molecule has 0 radical (unpaired) electrons. The van der Waals surface area contributed by atoms with Crippen LogP contribution in [-0.2, 0) is 20.0 Å². The molecule has 1 aliphatic heterocycles. The van der Waals surface area contributed by atoms with Crippen molar-refractivity contribution in [2.24, 2.45) is 5.92 Å². The molecule has 0 unspecified atom stereocenters. The molecule has 1 aliphatic rings. The van der Waals surface area contributed by atoms with Crippen LogP contribution in [0.3, 0.4) is 0 Å². The Kier molecular flexibility index (Phi) is 8.33. The molecule has 3 rings (SSSR count). The highest BCUT2D eigenvalue weighted by molar-refractivity contribution is 7.92. The van der Waals surface area contributed by atoms with E-state index in [-0.39, 0.29) is 47.5 Å². The third kappa shape index (κ3) is 6.36. The van der Waals surface area contributed by atoms with Crippen LogP contribution in [0.4, 0.5) is 5.69 Å². The number of hydrogen-bond donors (Lipinski definition) is 2. The van der Waals surface area contributed by atoms with Gasteiger partial charge in [0.2, 0.25) is 20.0 Å². The molecule has 0 saturated heterocycles. The number of amides is 1. The van der Waals surface area contributed by atoms with Gasteiger partial charge in [0.1, 0.15) is 11.9 Å². The monoisotopic (exact) mass is 539 g/mol. The number of likely N-dealkylation sites (N-methyl/N-ethyl adjacent to an activating group) is 1. The number of nitrogens with zero attached hydrogens (tertiary/aromatic N) is 2. The number of sulfonamides is 2. The lowest BCUT2D eigenvalue weighted by molar-refractivity contribution is 0.0387. The maximum absolute atomic E-state index is 13.4. The summed E-state index contributed by atoms with van der Waals surface area (Å²) in [6.45, 7) is 5.37. The van der Waals surface area contributed by atoms with E-state index in [0.717, 1.165) is 11.8 Å². The molecule has 10 nitrogen and oxygen atoms in total. The van der Waals surface area contributed by atoms with Crippen molar-refractivity contribution < 1.29 is 31.5 Å². The third-order valence-corrected chi connectivity index (χ3v) is 8.58. The molecule has 1 amide bonds. The normalized spacial score (nSPS) is 19.8. The van der Waals surface area contributed by atoms with Gasteiger partial charge in [0.25, 0.3) is 5.91 Å². The number of aliphatic hydroxyl groups excluding tert-OH is 1. The lowest BCUT2D eigenvalue weighted by Crippen LogP contribution is -2.50. The highest BCUT2D eigenvalue weighted by Crippen LogP contribution is 2.31. The van der Waals surface area contributed by atoms with Gasteiger partial charge in [-0.1, -0.05) is 24.6 Å². The zero-order chi connectivity index (χ0) is 26.8. The molecular weight excluding hydrogens is 506 g/mol. The first-order valence-corrected chi connectivity index (χ1v) is 14.8. The number of aliphatic hydroxyl groups is 1. The van der Waals surface area contributed by atoms with E-state index >= 15 is 0 Å². The standard InChI is InChI=1S/C24H33N3O7S2/c1-16-6-9-20(10-7-16)36(32,33)26(4)14-23-17(2)13-27(18(3)15-28)24(29)21-12-19(25-35(5,30)31)8-11-22(21)34-23/h6-12,17-18,23,25,28H,13-15H2,1-5H3/t17-,18+,23-/m0/s1. The Bertz CT molecular complexity index is 1310. The van der Waals surface area contributed by atoms with Gasteiger partial charge in [-0.2, -0.15) is 4.31 Å². The Balaban J connectivity index is 1.99. The number of benzene rings is 2. The summed E-state index contributed by atoms with van der Waals surface area (Å²) >= 11 is 0. The molecule has 2 aromatic carbocycles. The molecule has 1 heterocycles. The number of ether oxygens (including phenoxy) is 1. The summed E-state index contributed by atoms with van der Waals surface area (Å²) < 4.78 is 59.5. The predicted molar refractivity (Wildman–Crippen MR) is 137 cm³/mol. The third-order valence-electron chi connectivity index (χ3n) is 6.13. The summed E-state index contributed by atoms with van der Waals surface area (Å²) in [4.78, 5) is 15.1. The molecule has 0 aromatic heterocycles. The first-order chi connectivity index (χ1) is 16.7. The zero-order valence-electron chi connectivity index (χ0n) is 21.0. The van der Waals surface area contributed by atoms with Gasteiger partial charge < -0.3 is 14.7 Å². The number of carbonyl (C=O) groups excluding carboxylic acids is 1. The molecule has 3 atom stereocenters. The van der Waals surface area contributed by atoms with Gasteiger partial charge in [0, 0.05) is 25.2 Å². The summed E-state index contributed by atoms with van der Waals surface area (Å²) in [5.74, 6) is -0.512. The Morgan fingerprint density at radius 1 is 1.17 bits per heavy atom. The molecule has 0 saturated carbocycles. The van der Waals surface area contributed by atoms with Gasteiger partial charge in [0.15, 0.2) is 0 Å². The first kappa shape index (κ1) is 27.9. The Labute approximate surface area is 213 Å². The van der Waals surface area contributed by atoms with Crippen molar-refractivity contribution in [3.05, 3.63) is 53.6 Å². The van der Waals surface area contributed by atoms with Crippen molar-refractivity contribution in [1.29, 1.82) is 0 Å². The van der Waals surface area contributed by atoms with E-state index in [0.29, 0.717) is 0 Å². The van der Waals surface area contributed by atoms with Gasteiger partial charge in [-0.05, 0) is 44.2 Å². The molecule has 36 heavy (non-hydrogen) atoms.